The van der Waals surface area contributed by atoms with Gasteiger partial charge in [0.05, 0.1) is 0 Å². The van der Waals surface area contributed by atoms with Crippen LogP contribution in [0.4, 0.5) is 0 Å². The summed E-state index contributed by atoms with van der Waals surface area (Å²) in [4.78, 5) is 0. The van der Waals surface area contributed by atoms with Crippen LogP contribution >= 0.6 is 0 Å². The standard InChI is InChI=1S/In.O.W.Zr.H. The molecule has 0 amide bonds. The molecule has 1 nitrogen and oxygen atoms in total. The molecule has 0 bridgehead atoms. The fourth-order valence-corrected chi connectivity index (χ4v) is 0. The van der Waals surface area contributed by atoms with Gasteiger partial charge in [-0.1, -0.05) is 0 Å². The summed E-state index contributed by atoms with van der Waals surface area (Å²) in [5, 5.41) is 0. The second-order valence-electron chi connectivity index (χ2n) is 0. The van der Waals surface area contributed by atoms with Crippen molar-refractivity contribution in [3.63, 3.8) is 0 Å². The van der Waals surface area contributed by atoms with Crippen molar-refractivity contribution in [2.45, 2.75) is 0 Å². The molecular weight excluding hydrogens is 406 g/mol. The Morgan fingerprint density at radius 2 is 1.25 bits per heavy atom. The Morgan fingerprint density at radius 1 is 1.25 bits per heavy atom. The van der Waals surface area contributed by atoms with Crippen LogP contribution in [0.3, 0.4) is 0 Å². The van der Waals surface area contributed by atoms with Gasteiger partial charge in [0.2, 0.25) is 0 Å². The maximum Gasteiger partial charge on any atom is 0 e. The zero-order valence-electron chi connectivity index (χ0n) is 2.02. The normalized spacial score (nSPS) is 0.750. The summed E-state index contributed by atoms with van der Waals surface area (Å²) in [7, 11) is 0. The van der Waals surface area contributed by atoms with Crippen molar-refractivity contribution in [1.29, 1.82) is 0 Å². The number of hydrogen-bond acceptors (Lipinski definition) is 1. The second-order valence-corrected chi connectivity index (χ2v) is 0. The molecule has 0 radical (unpaired) electrons. The first-order valence-electron chi connectivity index (χ1n) is 0.289. The van der Waals surface area contributed by atoms with E-state index in [0.717, 1.165) is 0 Å². The molecule has 4 heavy (non-hydrogen) atoms. The fourth-order valence-electron chi connectivity index (χ4n) is 0. The molecule has 0 spiro atoms. The van der Waals surface area contributed by atoms with E-state index in [1.165, 1.54) is 0 Å². The number of rotatable bonds is 0. The van der Waals surface area contributed by atoms with Crippen molar-refractivity contribution in [3.8, 4) is 0 Å². The zero-order valence-corrected chi connectivity index (χ0v) is 11.5. The van der Waals surface area contributed by atoms with Crippen molar-refractivity contribution >= 4 is 24.4 Å². The van der Waals surface area contributed by atoms with Gasteiger partial charge in [-0.2, -0.15) is 0 Å². The van der Waals surface area contributed by atoms with E-state index in [2.05, 4.69) is 0 Å². The van der Waals surface area contributed by atoms with E-state index in [4.69, 9.17) is 2.85 Å². The largest absolute Gasteiger partial charge is 0 e. The summed E-state index contributed by atoms with van der Waals surface area (Å²) in [5.74, 6) is 0. The first-order valence-corrected chi connectivity index (χ1v) is 1.94. The predicted molar refractivity (Wildman–Crippen MR) is 7.84 cm³/mol. The maximum atomic E-state index is 8.42. The maximum absolute atomic E-state index is 8.42. The summed E-state index contributed by atoms with van der Waals surface area (Å²) < 4.78 is 8.42. The molecule has 0 aliphatic rings. The zero-order chi connectivity index (χ0) is 2.00. The Bertz CT molecular complexity index is 8.00. The van der Waals surface area contributed by atoms with Gasteiger partial charge in [0.15, 0.2) is 0 Å². The smallest absolute Gasteiger partial charge is 0 e. The van der Waals surface area contributed by atoms with Gasteiger partial charge in [-0.3, -0.25) is 0 Å². The van der Waals surface area contributed by atoms with Gasteiger partial charge in [-0.05, 0) is 0 Å². The van der Waals surface area contributed by atoms with E-state index in [0.29, 0.717) is 0 Å². The minimum atomic E-state index is -0.1000. The van der Waals surface area contributed by atoms with Crippen LogP contribution in [0.1, 0.15) is 0 Å². The Hall–Kier alpha value is 2.24. The average molecular weight is 407 g/mol. The van der Waals surface area contributed by atoms with E-state index < -0.39 is 0 Å². The molecule has 0 aromatic heterocycles. The molecule has 0 saturated heterocycles. The third kappa shape index (κ3) is 8.87. The molecule has 0 N–H and O–H groups in total. The van der Waals surface area contributed by atoms with E-state index >= 15 is 0 Å². The van der Waals surface area contributed by atoms with Crippen molar-refractivity contribution in [2.75, 3.05) is 0 Å². The second kappa shape index (κ2) is 18.8. The quantitative estimate of drug-likeness (QED) is 0.516. The van der Waals surface area contributed by atoms with Gasteiger partial charge in [0.25, 0.3) is 0 Å². The summed E-state index contributed by atoms with van der Waals surface area (Å²) in [6, 6.07) is 0. The Morgan fingerprint density at radius 3 is 1.25 bits per heavy atom. The Labute approximate surface area is 73.3 Å². The van der Waals surface area contributed by atoms with Crippen molar-refractivity contribution < 1.29 is 50.1 Å². The van der Waals surface area contributed by atoms with Crippen LogP contribution in [-0.4, -0.2) is 24.4 Å². The minimum absolute atomic E-state index is 0. The third-order valence-corrected chi connectivity index (χ3v) is 0. The summed E-state index contributed by atoms with van der Waals surface area (Å²) in [5.41, 5.74) is 0. The SMILES string of the molecule is [O]=[InH].[W].[Zr]. The summed E-state index contributed by atoms with van der Waals surface area (Å²) in [6.45, 7) is 0. The molecule has 0 aliphatic carbocycles. The first kappa shape index (κ1) is 16.3. The fraction of sp³-hybridized carbons (Fsp3) is 0. The molecule has 0 aliphatic heterocycles. The molecule has 0 rings (SSSR count). The molecule has 0 heterocycles. The van der Waals surface area contributed by atoms with Crippen LogP contribution in [0.25, 0.3) is 0 Å². The van der Waals surface area contributed by atoms with Gasteiger partial charge >= 0.3 is 27.2 Å². The molecule has 0 unspecified atom stereocenters. The summed E-state index contributed by atoms with van der Waals surface area (Å²) >= 11 is -0.1000. The van der Waals surface area contributed by atoms with Gasteiger partial charge < -0.3 is 0 Å². The van der Waals surface area contributed by atoms with Crippen molar-refractivity contribution in [2.24, 2.45) is 0 Å². The predicted octanol–water partition coefficient (Wildman–Crippen LogP) is -0.772. The van der Waals surface area contributed by atoms with Crippen LogP contribution in [-0.2, 0) is 50.1 Å². The van der Waals surface area contributed by atoms with Crippen LogP contribution < -0.4 is 0 Å². The molecule has 0 atom stereocenters. The van der Waals surface area contributed by atoms with Gasteiger partial charge in [-0.15, -0.1) is 0 Å². The molecule has 0 aromatic carbocycles. The Kier molecular flexibility index (Phi) is 76.6. The van der Waals surface area contributed by atoms with Gasteiger partial charge in [0.1, 0.15) is 0 Å². The van der Waals surface area contributed by atoms with E-state index in [-0.39, 0.29) is 71.6 Å². The van der Waals surface area contributed by atoms with Crippen LogP contribution in [0, 0.1) is 0 Å². The number of hydrogen-bond donors (Lipinski definition) is 0. The average Bonchev–Trinajstić information content (AvgIpc) is 1.00. The molecule has 4 heteroatoms. The van der Waals surface area contributed by atoms with Gasteiger partial charge in [-0.25, -0.2) is 0 Å². The van der Waals surface area contributed by atoms with Crippen molar-refractivity contribution in [3.05, 3.63) is 0 Å². The minimum Gasteiger partial charge on any atom is 0 e. The molecule has 0 aromatic rings. The van der Waals surface area contributed by atoms with E-state index in [9.17, 15) is 0 Å². The third-order valence-electron chi connectivity index (χ3n) is 0. The molecule has 0 saturated carbocycles. The first-order chi connectivity index (χ1) is 1.00. The van der Waals surface area contributed by atoms with Crippen LogP contribution in [0.15, 0.2) is 0 Å². The topological polar surface area (TPSA) is 17.1 Å². The summed E-state index contributed by atoms with van der Waals surface area (Å²) in [6.07, 6.45) is 0. The van der Waals surface area contributed by atoms with E-state index in [1.807, 2.05) is 0 Å². The van der Waals surface area contributed by atoms with E-state index in [1.54, 1.807) is 0 Å². The molecule has 0 fully saturated rings. The van der Waals surface area contributed by atoms with Crippen LogP contribution in [0.2, 0.25) is 0 Å². The molecule has 20 valence electrons. The van der Waals surface area contributed by atoms with Gasteiger partial charge in [0, 0.05) is 47.3 Å². The van der Waals surface area contributed by atoms with Crippen molar-refractivity contribution in [1.82, 2.24) is 0 Å². The molecular formula is HInOWZr. The monoisotopic (exact) mass is 406 g/mol. The Balaban J connectivity index is -0.00000000500. The van der Waals surface area contributed by atoms with Crippen LogP contribution in [0.5, 0.6) is 0 Å².